The van der Waals surface area contributed by atoms with Crippen LogP contribution in [-0.4, -0.2) is 50.1 Å². The number of para-hydroxylation sites is 1. The number of methoxy groups -OCH3 is 1. The summed E-state index contributed by atoms with van der Waals surface area (Å²) in [5, 5.41) is 2.65. The number of fused-ring (bicyclic) bond motifs is 4. The van der Waals surface area contributed by atoms with Crippen LogP contribution < -0.4 is 19.7 Å². The van der Waals surface area contributed by atoms with Crippen LogP contribution in [0.3, 0.4) is 0 Å². The van der Waals surface area contributed by atoms with E-state index in [-0.39, 0.29) is 25.1 Å². The molecule has 2 heterocycles. The van der Waals surface area contributed by atoms with Crippen LogP contribution in [0.2, 0.25) is 0 Å². The maximum atomic E-state index is 13.4. The quantitative estimate of drug-likeness (QED) is 0.717. The van der Waals surface area contributed by atoms with E-state index in [1.165, 1.54) is 7.11 Å². The maximum absolute atomic E-state index is 13.4. The third-order valence-electron chi connectivity index (χ3n) is 5.16. The van der Waals surface area contributed by atoms with Gasteiger partial charge in [0.25, 0.3) is 5.91 Å². The Bertz CT molecular complexity index is 1070. The molecule has 0 saturated heterocycles. The Labute approximate surface area is 187 Å². The monoisotopic (exact) mass is 437 g/mol. The summed E-state index contributed by atoms with van der Waals surface area (Å²) >= 11 is 0. The van der Waals surface area contributed by atoms with E-state index >= 15 is 0 Å². The predicted molar refractivity (Wildman–Crippen MR) is 122 cm³/mol. The number of rotatable bonds is 5. The van der Waals surface area contributed by atoms with Crippen molar-refractivity contribution >= 4 is 29.6 Å². The molecule has 32 heavy (non-hydrogen) atoms. The molecule has 0 unspecified atom stereocenters. The topological polar surface area (TPSA) is 89.5 Å². The first kappa shape index (κ1) is 21.7. The van der Waals surface area contributed by atoms with Crippen LogP contribution in [0, 0.1) is 0 Å². The molecule has 2 aromatic rings. The number of anilines is 1. The molecule has 168 valence electrons. The van der Waals surface area contributed by atoms with Gasteiger partial charge in [-0.2, -0.15) is 0 Å². The summed E-state index contributed by atoms with van der Waals surface area (Å²) in [7, 11) is 1.52. The number of benzene rings is 2. The number of ether oxygens (including phenoxy) is 3. The molecule has 0 aliphatic carbocycles. The van der Waals surface area contributed by atoms with Gasteiger partial charge in [-0.15, -0.1) is 0 Å². The van der Waals surface area contributed by atoms with Crippen molar-refractivity contribution in [3.63, 3.8) is 0 Å². The summed E-state index contributed by atoms with van der Waals surface area (Å²) < 4.78 is 16.5. The number of nitrogens with zero attached hydrogens (tertiary/aromatic N) is 2. The number of hydrogen-bond donors (Lipinski definition) is 1. The zero-order valence-electron chi connectivity index (χ0n) is 18.7. The van der Waals surface area contributed by atoms with E-state index < -0.39 is 11.7 Å². The zero-order valence-corrected chi connectivity index (χ0v) is 18.7. The molecule has 2 aliphatic heterocycles. The smallest absolute Gasteiger partial charge is 0.407 e. The number of hydrogen-bond acceptors (Lipinski definition) is 6. The summed E-state index contributed by atoms with van der Waals surface area (Å²) in [6.45, 7) is 5.86. The first-order chi connectivity index (χ1) is 15.3. The number of alkyl carbamates (subject to hydrolysis) is 1. The van der Waals surface area contributed by atoms with E-state index in [9.17, 15) is 9.59 Å². The van der Waals surface area contributed by atoms with Gasteiger partial charge in [0.2, 0.25) is 0 Å². The molecule has 2 aliphatic rings. The molecule has 2 amide bonds. The number of amides is 2. The van der Waals surface area contributed by atoms with Crippen LogP contribution >= 0.6 is 0 Å². The largest absolute Gasteiger partial charge is 0.493 e. The minimum atomic E-state index is -0.565. The molecule has 8 heteroatoms. The van der Waals surface area contributed by atoms with Gasteiger partial charge in [-0.25, -0.2) is 4.79 Å². The fraction of sp³-hybridized carbons (Fsp3) is 0.375. The van der Waals surface area contributed by atoms with Gasteiger partial charge in [0, 0.05) is 24.4 Å². The van der Waals surface area contributed by atoms with Gasteiger partial charge in [0.15, 0.2) is 11.5 Å². The van der Waals surface area contributed by atoms with E-state index in [0.717, 1.165) is 17.7 Å². The van der Waals surface area contributed by atoms with Crippen LogP contribution in [0.4, 0.5) is 16.2 Å². The molecule has 4 rings (SSSR count). The highest BCUT2D eigenvalue weighted by Gasteiger charge is 2.36. The molecule has 2 aromatic carbocycles. The zero-order chi connectivity index (χ0) is 22.9. The number of carbonyl (C=O) groups excluding carboxylic acids is 2. The molecular weight excluding hydrogens is 410 g/mol. The predicted octanol–water partition coefficient (Wildman–Crippen LogP) is 3.89. The average molecular weight is 437 g/mol. The third-order valence-corrected chi connectivity index (χ3v) is 5.16. The second-order valence-corrected chi connectivity index (χ2v) is 8.65. The third kappa shape index (κ3) is 4.39. The summed E-state index contributed by atoms with van der Waals surface area (Å²) in [5.74, 6) is 0.754. The Hall–Kier alpha value is -3.55. The van der Waals surface area contributed by atoms with Crippen LogP contribution in [0.5, 0.6) is 11.5 Å². The first-order valence-corrected chi connectivity index (χ1v) is 10.5. The Morgan fingerprint density at radius 2 is 2.00 bits per heavy atom. The Morgan fingerprint density at radius 3 is 2.75 bits per heavy atom. The van der Waals surface area contributed by atoms with Crippen molar-refractivity contribution in [2.24, 2.45) is 4.99 Å². The highest BCUT2D eigenvalue weighted by Crippen LogP contribution is 2.40. The molecule has 0 aromatic heterocycles. The molecule has 0 fully saturated rings. The van der Waals surface area contributed by atoms with Gasteiger partial charge in [0.1, 0.15) is 12.2 Å². The lowest BCUT2D eigenvalue weighted by atomic mass is 10.1. The number of aliphatic imine (C=N–C) groups is 1. The van der Waals surface area contributed by atoms with Gasteiger partial charge in [-0.05, 0) is 38.5 Å². The number of nitrogens with one attached hydrogen (secondary N) is 1. The van der Waals surface area contributed by atoms with Crippen molar-refractivity contribution in [1.29, 1.82) is 0 Å². The highest BCUT2D eigenvalue weighted by molar-refractivity contribution is 6.14. The lowest BCUT2D eigenvalue weighted by Crippen LogP contribution is -2.37. The lowest BCUT2D eigenvalue weighted by molar-refractivity contribution is 0.0520. The van der Waals surface area contributed by atoms with E-state index in [0.29, 0.717) is 22.7 Å². The van der Waals surface area contributed by atoms with Crippen LogP contribution in [0.15, 0.2) is 41.4 Å². The maximum Gasteiger partial charge on any atom is 0.407 e. The molecule has 0 saturated carbocycles. The molecule has 8 nitrogen and oxygen atoms in total. The second kappa shape index (κ2) is 8.53. The number of carbonyl (C=O) groups is 2. The normalized spacial score (nSPS) is 16.6. The van der Waals surface area contributed by atoms with Crippen molar-refractivity contribution in [1.82, 2.24) is 5.32 Å². The minimum absolute atomic E-state index is 0.121. The molecular formula is C24H27N3O5. The highest BCUT2D eigenvalue weighted by atomic mass is 16.6. The van der Waals surface area contributed by atoms with Gasteiger partial charge in [-0.3, -0.25) is 14.7 Å². The Morgan fingerprint density at radius 1 is 1.22 bits per heavy atom. The van der Waals surface area contributed by atoms with Gasteiger partial charge in [0.05, 0.1) is 30.9 Å². The van der Waals surface area contributed by atoms with Crippen molar-refractivity contribution in [3.05, 3.63) is 47.5 Å². The SMILES string of the molecule is COc1cc2c(cc1OCCNC(=O)OC(C)(C)C)N=C[C@@H]1Cc3ccccc3N1C2=O. The standard InChI is InChI=1S/C24H27N3O5/c1-24(2,3)32-23(29)25-9-10-31-21-13-18-17(12-20(21)30-4)22(28)27-16(14-26-18)11-15-7-5-6-8-19(15)27/h5-8,12-14,16H,9-11H2,1-4H3,(H,25,29)/t16-/m0/s1. The minimum Gasteiger partial charge on any atom is -0.493 e. The van der Waals surface area contributed by atoms with E-state index in [1.807, 2.05) is 30.5 Å². The summed E-state index contributed by atoms with van der Waals surface area (Å²) in [6, 6.07) is 11.1. The van der Waals surface area contributed by atoms with E-state index in [4.69, 9.17) is 14.2 Å². The van der Waals surface area contributed by atoms with Gasteiger partial charge < -0.3 is 19.5 Å². The Kier molecular flexibility index (Phi) is 5.78. The van der Waals surface area contributed by atoms with Gasteiger partial charge >= 0.3 is 6.09 Å². The summed E-state index contributed by atoms with van der Waals surface area (Å²) in [5.41, 5.74) is 2.46. The summed E-state index contributed by atoms with van der Waals surface area (Å²) in [4.78, 5) is 31.5. The average Bonchev–Trinajstić information content (AvgIpc) is 3.05. The molecule has 1 atom stereocenters. The van der Waals surface area contributed by atoms with Crippen LogP contribution in [-0.2, 0) is 11.2 Å². The molecule has 0 radical (unpaired) electrons. The fourth-order valence-electron chi connectivity index (χ4n) is 3.82. The molecule has 0 spiro atoms. The van der Waals surface area contributed by atoms with E-state index in [1.54, 1.807) is 37.8 Å². The second-order valence-electron chi connectivity index (χ2n) is 8.65. The first-order valence-electron chi connectivity index (χ1n) is 10.5. The molecule has 1 N–H and O–H groups in total. The van der Waals surface area contributed by atoms with Crippen LogP contribution in [0.25, 0.3) is 0 Å². The van der Waals surface area contributed by atoms with Crippen molar-refractivity contribution < 1.29 is 23.8 Å². The summed E-state index contributed by atoms with van der Waals surface area (Å²) in [6.07, 6.45) is 2.03. The van der Waals surface area contributed by atoms with E-state index in [2.05, 4.69) is 10.3 Å². The van der Waals surface area contributed by atoms with Gasteiger partial charge in [-0.1, -0.05) is 18.2 Å². The van der Waals surface area contributed by atoms with Crippen LogP contribution in [0.1, 0.15) is 36.7 Å². The molecule has 0 bridgehead atoms. The van der Waals surface area contributed by atoms with Crippen molar-refractivity contribution in [2.45, 2.75) is 38.8 Å². The van der Waals surface area contributed by atoms with Crippen molar-refractivity contribution in [2.75, 3.05) is 25.2 Å². The lowest BCUT2D eigenvalue weighted by Gasteiger charge is -2.22. The fourth-order valence-corrected chi connectivity index (χ4v) is 3.82. The van der Waals surface area contributed by atoms with Crippen molar-refractivity contribution in [3.8, 4) is 11.5 Å². The Balaban J connectivity index is 1.50.